The van der Waals surface area contributed by atoms with E-state index in [0.717, 1.165) is 42.2 Å². The number of hydrogen-bond donors (Lipinski definition) is 1. The van der Waals surface area contributed by atoms with Gasteiger partial charge in [-0.1, -0.05) is 29.8 Å². The van der Waals surface area contributed by atoms with Crippen LogP contribution < -0.4 is 5.32 Å². The van der Waals surface area contributed by atoms with E-state index >= 15 is 0 Å². The molecule has 0 spiro atoms. The number of anilines is 1. The first kappa shape index (κ1) is 15.7. The van der Waals surface area contributed by atoms with Crippen LogP contribution >= 0.6 is 23.1 Å². The molecule has 22 heavy (non-hydrogen) atoms. The summed E-state index contributed by atoms with van der Waals surface area (Å²) in [6.45, 7) is 6.14. The van der Waals surface area contributed by atoms with Crippen molar-refractivity contribution in [2.24, 2.45) is 5.92 Å². The lowest BCUT2D eigenvalue weighted by molar-refractivity contribution is 0.182. The van der Waals surface area contributed by atoms with Crippen LogP contribution in [0.25, 0.3) is 0 Å². The Kier molecular flexibility index (Phi) is 5.28. The molecule has 3 rings (SSSR count). The molecule has 1 aliphatic rings. The van der Waals surface area contributed by atoms with E-state index in [1.165, 1.54) is 29.9 Å². The third-order valence-electron chi connectivity index (χ3n) is 4.13. The maximum Gasteiger partial charge on any atom is 0.202 e. The number of hydrogen-bond acceptors (Lipinski definition) is 5. The molecule has 1 aromatic carbocycles. The minimum atomic E-state index is 0.715. The van der Waals surface area contributed by atoms with Crippen LogP contribution in [0.15, 0.2) is 24.3 Å². The number of aryl methyl sites for hydroxylation is 1. The number of benzene rings is 1. The summed E-state index contributed by atoms with van der Waals surface area (Å²) < 4.78 is 4.19. The molecule has 0 bridgehead atoms. The molecule has 1 fully saturated rings. The fourth-order valence-electron chi connectivity index (χ4n) is 2.82. The molecule has 0 aliphatic carbocycles. The maximum absolute atomic E-state index is 6.24. The van der Waals surface area contributed by atoms with E-state index in [4.69, 9.17) is 11.6 Å². The highest BCUT2D eigenvalue weighted by Crippen LogP contribution is 2.23. The lowest BCUT2D eigenvalue weighted by Crippen LogP contribution is -2.35. The molecule has 118 valence electrons. The van der Waals surface area contributed by atoms with E-state index < -0.39 is 0 Å². The summed E-state index contributed by atoms with van der Waals surface area (Å²) in [5.74, 6) is 1.56. The monoisotopic (exact) mass is 336 g/mol. The van der Waals surface area contributed by atoms with Gasteiger partial charge in [0.25, 0.3) is 0 Å². The van der Waals surface area contributed by atoms with E-state index in [2.05, 4.69) is 31.7 Å². The highest BCUT2D eigenvalue weighted by Gasteiger charge is 2.20. The van der Waals surface area contributed by atoms with Crippen LogP contribution in [-0.2, 0) is 6.54 Å². The molecule has 0 unspecified atom stereocenters. The van der Waals surface area contributed by atoms with Crippen LogP contribution in [0.2, 0.25) is 5.02 Å². The van der Waals surface area contributed by atoms with Crippen LogP contribution in [-0.4, -0.2) is 33.9 Å². The van der Waals surface area contributed by atoms with Crippen molar-refractivity contribution in [1.29, 1.82) is 0 Å². The van der Waals surface area contributed by atoms with Gasteiger partial charge in [0.15, 0.2) is 0 Å². The Morgan fingerprint density at radius 1 is 1.32 bits per heavy atom. The number of aromatic nitrogens is 2. The van der Waals surface area contributed by atoms with Gasteiger partial charge in [0, 0.05) is 29.6 Å². The largest absolute Gasteiger partial charge is 0.360 e. The minimum Gasteiger partial charge on any atom is -0.360 e. The van der Waals surface area contributed by atoms with Crippen LogP contribution in [0.1, 0.15) is 24.2 Å². The molecule has 1 saturated heterocycles. The molecular weight excluding hydrogens is 316 g/mol. The molecule has 0 atom stereocenters. The fourth-order valence-corrected chi connectivity index (χ4v) is 3.59. The van der Waals surface area contributed by atoms with Crippen molar-refractivity contribution < 1.29 is 0 Å². The van der Waals surface area contributed by atoms with Crippen molar-refractivity contribution in [3.8, 4) is 0 Å². The quantitative estimate of drug-likeness (QED) is 0.901. The van der Waals surface area contributed by atoms with Gasteiger partial charge >= 0.3 is 0 Å². The maximum atomic E-state index is 6.24. The molecule has 1 aliphatic heterocycles. The number of nitrogens with one attached hydrogen (secondary N) is 1. The summed E-state index contributed by atoms with van der Waals surface area (Å²) in [6.07, 6.45) is 2.43. The van der Waals surface area contributed by atoms with Crippen LogP contribution in [0.4, 0.5) is 5.13 Å². The first-order valence-corrected chi connectivity index (χ1v) is 8.86. The Morgan fingerprint density at radius 2 is 2.09 bits per heavy atom. The van der Waals surface area contributed by atoms with Gasteiger partial charge in [-0.15, -0.1) is 0 Å². The summed E-state index contributed by atoms with van der Waals surface area (Å²) in [4.78, 5) is 6.84. The zero-order valence-corrected chi connectivity index (χ0v) is 14.3. The number of piperidine rings is 1. The van der Waals surface area contributed by atoms with E-state index in [-0.39, 0.29) is 0 Å². The summed E-state index contributed by atoms with van der Waals surface area (Å²) in [6, 6.07) is 8.13. The molecular formula is C16H21ClN4S. The normalized spacial score (nSPS) is 16.8. The third kappa shape index (κ3) is 4.18. The van der Waals surface area contributed by atoms with Crippen LogP contribution in [0.5, 0.6) is 0 Å². The Labute approximate surface area is 140 Å². The van der Waals surface area contributed by atoms with Crippen molar-refractivity contribution in [3.63, 3.8) is 0 Å². The lowest BCUT2D eigenvalue weighted by Gasteiger charge is -2.32. The molecule has 6 heteroatoms. The van der Waals surface area contributed by atoms with Gasteiger partial charge in [0.05, 0.1) is 0 Å². The van der Waals surface area contributed by atoms with Gasteiger partial charge in [0.1, 0.15) is 5.82 Å². The van der Waals surface area contributed by atoms with E-state index in [1.54, 1.807) is 0 Å². The Bertz CT molecular complexity index is 608. The average molecular weight is 337 g/mol. The van der Waals surface area contributed by atoms with E-state index in [9.17, 15) is 0 Å². The zero-order valence-electron chi connectivity index (χ0n) is 12.8. The summed E-state index contributed by atoms with van der Waals surface area (Å²) in [7, 11) is 0. The molecule has 1 N–H and O–H groups in total. The second kappa shape index (κ2) is 7.40. The highest BCUT2D eigenvalue weighted by atomic mass is 35.5. The summed E-state index contributed by atoms with van der Waals surface area (Å²) in [5.41, 5.74) is 1.23. The first-order chi connectivity index (χ1) is 10.7. The van der Waals surface area contributed by atoms with Crippen molar-refractivity contribution in [2.45, 2.75) is 26.3 Å². The third-order valence-corrected chi connectivity index (χ3v) is 5.26. The Morgan fingerprint density at radius 3 is 2.77 bits per heavy atom. The van der Waals surface area contributed by atoms with Crippen molar-refractivity contribution in [3.05, 3.63) is 40.7 Å². The Balaban J connectivity index is 1.43. The van der Waals surface area contributed by atoms with E-state index in [1.807, 2.05) is 19.1 Å². The highest BCUT2D eigenvalue weighted by molar-refractivity contribution is 7.09. The van der Waals surface area contributed by atoms with Gasteiger partial charge in [-0.05, 0) is 50.4 Å². The van der Waals surface area contributed by atoms with Gasteiger partial charge in [-0.3, -0.25) is 4.90 Å². The van der Waals surface area contributed by atoms with Crippen molar-refractivity contribution >= 4 is 28.3 Å². The first-order valence-electron chi connectivity index (χ1n) is 7.70. The lowest BCUT2D eigenvalue weighted by atomic mass is 9.96. The summed E-state index contributed by atoms with van der Waals surface area (Å²) in [5, 5.41) is 5.23. The predicted octanol–water partition coefficient (Wildman–Crippen LogP) is 3.82. The standard InChI is InChI=1S/C16H21ClN4S/c1-12-19-16(22-20-12)18-10-13-6-8-21(9-7-13)11-14-4-2-3-5-15(14)17/h2-5,13H,6-11H2,1H3,(H,18,19,20). The van der Waals surface area contributed by atoms with E-state index in [0.29, 0.717) is 5.92 Å². The SMILES string of the molecule is Cc1nsc(NCC2CCN(Cc3ccccc3Cl)CC2)n1. The topological polar surface area (TPSA) is 41.1 Å². The molecule has 2 aromatic rings. The molecule has 2 heterocycles. The molecule has 4 nitrogen and oxygen atoms in total. The zero-order chi connectivity index (χ0) is 15.4. The number of rotatable bonds is 5. The molecule has 0 amide bonds. The number of nitrogens with zero attached hydrogens (tertiary/aromatic N) is 3. The molecule has 1 aromatic heterocycles. The van der Waals surface area contributed by atoms with Gasteiger partial charge in [-0.25, -0.2) is 4.98 Å². The fraction of sp³-hybridized carbons (Fsp3) is 0.500. The van der Waals surface area contributed by atoms with Gasteiger partial charge in [-0.2, -0.15) is 4.37 Å². The molecule has 0 saturated carbocycles. The number of halogens is 1. The smallest absolute Gasteiger partial charge is 0.202 e. The Hall–Kier alpha value is -1.17. The minimum absolute atomic E-state index is 0.715. The summed E-state index contributed by atoms with van der Waals surface area (Å²) >= 11 is 7.69. The molecule has 0 radical (unpaired) electrons. The van der Waals surface area contributed by atoms with Crippen LogP contribution in [0, 0.1) is 12.8 Å². The van der Waals surface area contributed by atoms with Gasteiger partial charge < -0.3 is 5.32 Å². The second-order valence-corrected chi connectivity index (χ2v) is 7.00. The van der Waals surface area contributed by atoms with Gasteiger partial charge in [0.2, 0.25) is 5.13 Å². The predicted molar refractivity (Wildman–Crippen MR) is 92.6 cm³/mol. The second-order valence-electron chi connectivity index (χ2n) is 5.84. The van der Waals surface area contributed by atoms with Crippen LogP contribution in [0.3, 0.4) is 0 Å². The average Bonchev–Trinajstić information content (AvgIpc) is 2.94. The van der Waals surface area contributed by atoms with Crippen molar-refractivity contribution in [2.75, 3.05) is 25.0 Å². The van der Waals surface area contributed by atoms with Crippen molar-refractivity contribution in [1.82, 2.24) is 14.3 Å². The number of likely N-dealkylation sites (tertiary alicyclic amines) is 1.